The van der Waals surface area contributed by atoms with E-state index < -0.39 is 6.68 Å². The average Bonchev–Trinajstić information content (AvgIpc) is 2.11. The normalized spacial score (nSPS) is 5.85. The molecule has 0 aliphatic heterocycles. The summed E-state index contributed by atoms with van der Waals surface area (Å²) >= 11 is 0. The van der Waals surface area contributed by atoms with Gasteiger partial charge in [0.1, 0.15) is 0 Å². The van der Waals surface area contributed by atoms with Gasteiger partial charge in [0.2, 0.25) is 0 Å². The molecule has 86 valence electrons. The van der Waals surface area contributed by atoms with Gasteiger partial charge in [-0.1, -0.05) is 0 Å². The summed E-state index contributed by atoms with van der Waals surface area (Å²) < 4.78 is 28.8. The minimum Gasteiger partial charge on any atom is -0.385 e. The molecule has 1 rings (SSSR count). The fraction of sp³-hybridized carbons (Fsp3) is 0. The zero-order chi connectivity index (χ0) is 7.11. The van der Waals surface area contributed by atoms with E-state index in [0.717, 1.165) is 0 Å². The van der Waals surface area contributed by atoms with Crippen molar-refractivity contribution in [2.75, 3.05) is 0 Å². The van der Waals surface area contributed by atoms with E-state index in [2.05, 4.69) is 0 Å². The van der Waals surface area contributed by atoms with E-state index in [0.29, 0.717) is 0 Å². The molecule has 4 heteroatoms. The Hall–Kier alpha value is -0.172. The van der Waals surface area contributed by atoms with E-state index in [-0.39, 0.29) is 43.3 Å². The van der Waals surface area contributed by atoms with E-state index in [9.17, 15) is 13.2 Å². The minimum atomic E-state index is -3.08. The molecule has 0 aliphatic carbocycles. The molecule has 0 bridgehead atoms. The summed E-state index contributed by atoms with van der Waals surface area (Å²) in [6.45, 7) is -3.08. The van der Waals surface area contributed by atoms with Gasteiger partial charge in [-0.05, 0) is 0 Å². The molecule has 0 nitrogen and oxygen atoms in total. The molecule has 13 heavy (non-hydrogen) atoms. The summed E-state index contributed by atoms with van der Waals surface area (Å²) in [6, 6.07) is 10.0. The van der Waals surface area contributed by atoms with Crippen molar-refractivity contribution in [2.45, 2.75) is 0 Å². The van der Waals surface area contributed by atoms with Crippen LogP contribution in [0.3, 0.4) is 0 Å². The van der Waals surface area contributed by atoms with E-state index in [1.165, 1.54) is 0 Å². The number of hydrogen-bond donors (Lipinski definition) is 0. The molecular formula is C9H14F3Pt-5. The molecule has 0 amide bonds. The zero-order valence-electron chi connectivity index (χ0n) is 7.84. The van der Waals surface area contributed by atoms with E-state index >= 15 is 0 Å². The van der Waals surface area contributed by atoms with Crippen molar-refractivity contribution in [2.24, 2.45) is 0 Å². The van der Waals surface area contributed by atoms with Gasteiger partial charge >= 0.3 is 0 Å². The summed E-state index contributed by atoms with van der Waals surface area (Å²) in [4.78, 5) is 0. The number of rotatable bonds is 0. The Morgan fingerprint density at radius 1 is 0.846 bits per heavy atom. The second-order valence-electron chi connectivity index (χ2n) is 1.18. The van der Waals surface area contributed by atoms with Crippen LogP contribution < -0.4 is 0 Å². The van der Waals surface area contributed by atoms with Gasteiger partial charge in [0, 0.05) is 21.1 Å². The van der Waals surface area contributed by atoms with Crippen LogP contribution in [0, 0.1) is 29.0 Å². The third kappa shape index (κ3) is 49.0. The predicted molar refractivity (Wildman–Crippen MR) is 47.8 cm³/mol. The standard InChI is InChI=1S/C5H5.CF3.3CH3.Pt/c1-2-4-5-3-1;2-1(3)4;;;;/h1-5H;;3*1H3;/q5*-1;. The first kappa shape index (κ1) is 29.3. The van der Waals surface area contributed by atoms with Gasteiger partial charge < -0.3 is 35.5 Å². The van der Waals surface area contributed by atoms with Crippen LogP contribution in [-0.4, -0.2) is 0 Å². The van der Waals surface area contributed by atoms with Gasteiger partial charge in [0.25, 0.3) is 0 Å². The quantitative estimate of drug-likeness (QED) is 0.600. The van der Waals surface area contributed by atoms with Crippen LogP contribution in [0.15, 0.2) is 30.3 Å². The Morgan fingerprint density at radius 3 is 1.15 bits per heavy atom. The fourth-order valence-electron chi connectivity index (χ4n) is 0.321. The first-order valence-electron chi connectivity index (χ1n) is 2.23. The van der Waals surface area contributed by atoms with Gasteiger partial charge in [-0.15, -0.1) is 0 Å². The third-order valence-electron chi connectivity index (χ3n) is 0.556. The molecule has 0 N–H and O–H groups in total. The van der Waals surface area contributed by atoms with Crippen LogP contribution in [0.25, 0.3) is 0 Å². The van der Waals surface area contributed by atoms with Crippen molar-refractivity contribution >= 4 is 0 Å². The SMILES string of the molecule is F[C-](F)F.[CH3-].[CH3-].[CH3-].[Pt].c1cc[cH-]c1. The first-order chi connectivity index (χ1) is 4.23. The maximum atomic E-state index is 9.58. The second-order valence-corrected chi connectivity index (χ2v) is 1.18. The molecular weight excluding hydrogens is 360 g/mol. The monoisotopic (exact) mass is 374 g/mol. The van der Waals surface area contributed by atoms with Crippen molar-refractivity contribution in [1.82, 2.24) is 0 Å². The summed E-state index contributed by atoms with van der Waals surface area (Å²) in [7, 11) is 0. The molecule has 0 saturated heterocycles. The Morgan fingerprint density at radius 2 is 1.08 bits per heavy atom. The van der Waals surface area contributed by atoms with Crippen molar-refractivity contribution in [1.29, 1.82) is 0 Å². The smallest absolute Gasteiger partial charge is 0.154 e. The van der Waals surface area contributed by atoms with Crippen molar-refractivity contribution in [3.8, 4) is 0 Å². The molecule has 0 unspecified atom stereocenters. The summed E-state index contributed by atoms with van der Waals surface area (Å²) in [5.41, 5.74) is 0. The molecule has 0 spiro atoms. The maximum Gasteiger partial charge on any atom is 0.154 e. The van der Waals surface area contributed by atoms with E-state index in [1.807, 2.05) is 30.3 Å². The summed E-state index contributed by atoms with van der Waals surface area (Å²) in [5, 5.41) is 0. The van der Waals surface area contributed by atoms with E-state index in [1.54, 1.807) is 0 Å². The average molecular weight is 374 g/mol. The largest absolute Gasteiger partial charge is 0.385 e. The van der Waals surface area contributed by atoms with Crippen molar-refractivity contribution < 1.29 is 34.2 Å². The van der Waals surface area contributed by atoms with Crippen LogP contribution in [0.2, 0.25) is 0 Å². The number of halogens is 3. The zero-order valence-corrected chi connectivity index (χ0v) is 10.1. The topological polar surface area (TPSA) is 0 Å². The number of hydrogen-bond acceptors (Lipinski definition) is 0. The Bertz CT molecular complexity index is 98.4. The van der Waals surface area contributed by atoms with Crippen molar-refractivity contribution in [3.05, 3.63) is 59.3 Å². The van der Waals surface area contributed by atoms with E-state index in [4.69, 9.17) is 0 Å². The van der Waals surface area contributed by atoms with Gasteiger partial charge in [0.15, 0.2) is 6.68 Å². The van der Waals surface area contributed by atoms with Crippen LogP contribution in [-0.2, 0) is 21.1 Å². The fourth-order valence-corrected chi connectivity index (χ4v) is 0.321. The van der Waals surface area contributed by atoms with Gasteiger partial charge in [0.05, 0.1) is 0 Å². The Labute approximate surface area is 93.8 Å². The molecule has 0 aliphatic rings. The first-order valence-corrected chi connectivity index (χ1v) is 2.23. The summed E-state index contributed by atoms with van der Waals surface area (Å²) in [6.07, 6.45) is 0. The molecule has 0 fully saturated rings. The Kier molecular flexibility index (Phi) is 51.0. The third-order valence-corrected chi connectivity index (χ3v) is 0.556. The predicted octanol–water partition coefficient (Wildman–Crippen LogP) is 4.10. The molecule has 0 atom stereocenters. The Balaban J connectivity index is -0.0000000256. The second kappa shape index (κ2) is 22.6. The van der Waals surface area contributed by atoms with Crippen LogP contribution >= 0.6 is 0 Å². The molecule has 0 saturated carbocycles. The van der Waals surface area contributed by atoms with Crippen molar-refractivity contribution in [3.63, 3.8) is 0 Å². The molecule has 1 aromatic rings. The van der Waals surface area contributed by atoms with Gasteiger partial charge in [-0.2, -0.15) is 18.2 Å². The van der Waals surface area contributed by atoms with Gasteiger partial charge in [-0.25, -0.2) is 12.1 Å². The van der Waals surface area contributed by atoms with Crippen LogP contribution in [0.1, 0.15) is 0 Å². The van der Waals surface area contributed by atoms with Crippen LogP contribution in [0.4, 0.5) is 13.2 Å². The molecule has 0 aromatic heterocycles. The summed E-state index contributed by atoms with van der Waals surface area (Å²) in [5.74, 6) is 0. The van der Waals surface area contributed by atoms with Gasteiger partial charge in [-0.3, -0.25) is 0 Å². The minimum absolute atomic E-state index is 0. The van der Waals surface area contributed by atoms with Crippen LogP contribution in [0.5, 0.6) is 0 Å². The molecule has 1 aromatic carbocycles. The molecule has 0 radical (unpaired) electrons. The molecule has 0 heterocycles. The maximum absolute atomic E-state index is 9.58.